The molecule has 1 amide bonds. The van der Waals surface area contributed by atoms with Crippen LogP contribution < -0.4 is 10.1 Å². The van der Waals surface area contributed by atoms with Gasteiger partial charge in [-0.1, -0.05) is 123 Å². The molecule has 4 nitrogen and oxygen atoms in total. The third-order valence-corrected chi connectivity index (χ3v) is 17.5. The van der Waals surface area contributed by atoms with Crippen LogP contribution in [0.1, 0.15) is 53.4 Å². The van der Waals surface area contributed by atoms with Gasteiger partial charge in [-0.2, -0.15) is 0 Å². The van der Waals surface area contributed by atoms with E-state index in [1.54, 1.807) is 12.1 Å². The predicted octanol–water partition coefficient (Wildman–Crippen LogP) is 8.90. The first-order valence-electron chi connectivity index (χ1n) is 12.1. The third kappa shape index (κ3) is 2.96. The number of nitrogens with one attached hydrogen (secondary N) is 1. The van der Waals surface area contributed by atoms with Crippen LogP contribution in [0.4, 0.5) is 5.69 Å². The maximum Gasteiger partial charge on any atom is 0.319 e. The molecular weight excluding hydrogens is 854 g/mol. The fourth-order valence-corrected chi connectivity index (χ4v) is 18.2. The van der Waals surface area contributed by atoms with E-state index in [0.29, 0.717) is 11.4 Å². The van der Waals surface area contributed by atoms with Crippen LogP contribution in [0.2, 0.25) is 0 Å². The lowest BCUT2D eigenvalue weighted by atomic mass is 9.43. The zero-order valence-corrected chi connectivity index (χ0v) is 30.0. The van der Waals surface area contributed by atoms with E-state index >= 15 is 0 Å². The number of halogens is 6. The Kier molecular flexibility index (Phi) is 6.96. The molecule has 36 heavy (non-hydrogen) atoms. The molecule has 1 N–H and O–H groups in total. The lowest BCUT2D eigenvalue weighted by Crippen LogP contribution is -2.71. The van der Waals surface area contributed by atoms with Crippen LogP contribution in [0.15, 0.2) is 24.3 Å². The van der Waals surface area contributed by atoms with Gasteiger partial charge < -0.3 is 10.1 Å². The summed E-state index contributed by atoms with van der Waals surface area (Å²) in [6.07, 6.45) is 3.53. The second-order valence-corrected chi connectivity index (χ2v) is 19.9. The van der Waals surface area contributed by atoms with Crippen molar-refractivity contribution in [1.82, 2.24) is 0 Å². The van der Waals surface area contributed by atoms with Crippen molar-refractivity contribution in [2.75, 3.05) is 5.32 Å². The zero-order chi connectivity index (χ0) is 26.7. The summed E-state index contributed by atoms with van der Waals surface area (Å²) >= 11 is 22.6. The monoisotopic (exact) mass is 877 g/mol. The van der Waals surface area contributed by atoms with Crippen LogP contribution in [-0.2, 0) is 9.59 Å². The summed E-state index contributed by atoms with van der Waals surface area (Å²) in [6.45, 7) is 8.71. The largest absolute Gasteiger partial charge is 0.426 e. The normalized spacial score (nSPS) is 41.1. The van der Waals surface area contributed by atoms with Gasteiger partial charge in [0.05, 0.1) is 18.3 Å². The van der Waals surface area contributed by atoms with Crippen molar-refractivity contribution in [2.45, 2.75) is 70.5 Å². The van der Waals surface area contributed by atoms with E-state index in [2.05, 4.69) is 129 Å². The first kappa shape index (κ1) is 28.6. The fourth-order valence-electron chi connectivity index (χ4n) is 8.39. The summed E-state index contributed by atoms with van der Waals surface area (Å²) in [5.74, 6) is 0.327. The Bertz CT molecular complexity index is 1040. The standard InChI is InChI=1S/C26H29Br6NO3/c1-21(2)23(17(29)30)9-11-25(21,15(23)27)19(34)33-13-5-7-14(8-6-13)36-20(35)26-12-10-24(16(26)28,18(31)32)22(26,3)4/h5-8,15-18H,9-12H2,1-4H3,(H,33,34). The average Bonchev–Trinajstić information content (AvgIpc) is 3.46. The van der Waals surface area contributed by atoms with Gasteiger partial charge in [0, 0.05) is 26.2 Å². The molecule has 4 bridgehead atoms. The minimum atomic E-state index is -0.572. The van der Waals surface area contributed by atoms with Crippen LogP contribution in [0.3, 0.4) is 0 Å². The number of ether oxygens (including phenoxy) is 1. The molecule has 6 fully saturated rings. The predicted molar refractivity (Wildman–Crippen MR) is 165 cm³/mol. The molecule has 0 aliphatic heterocycles. The Morgan fingerprint density at radius 1 is 0.806 bits per heavy atom. The van der Waals surface area contributed by atoms with Gasteiger partial charge in [0.2, 0.25) is 5.91 Å². The molecule has 1 aromatic rings. The zero-order valence-electron chi connectivity index (χ0n) is 20.4. The van der Waals surface area contributed by atoms with Gasteiger partial charge in [-0.05, 0) is 60.8 Å². The Labute approximate surface area is 263 Å². The topological polar surface area (TPSA) is 55.4 Å². The molecule has 6 aliphatic carbocycles. The molecule has 0 aromatic heterocycles. The molecule has 6 aliphatic rings. The van der Waals surface area contributed by atoms with Gasteiger partial charge in [0.1, 0.15) is 5.75 Å². The summed E-state index contributed by atoms with van der Waals surface area (Å²) in [6, 6.07) is 7.15. The number of amides is 1. The molecule has 10 heteroatoms. The summed E-state index contributed by atoms with van der Waals surface area (Å²) < 4.78 is 6.16. The maximum atomic E-state index is 13.6. The summed E-state index contributed by atoms with van der Waals surface area (Å²) in [5.41, 5.74) is -0.822. The highest BCUT2D eigenvalue weighted by molar-refractivity contribution is 9.25. The second-order valence-electron chi connectivity index (χ2n) is 12.0. The minimum Gasteiger partial charge on any atom is -0.426 e. The van der Waals surface area contributed by atoms with Crippen molar-refractivity contribution in [1.29, 1.82) is 0 Å². The number of esters is 1. The van der Waals surface area contributed by atoms with Gasteiger partial charge >= 0.3 is 5.97 Å². The molecule has 7 rings (SSSR count). The number of alkyl halides is 6. The van der Waals surface area contributed by atoms with Gasteiger partial charge in [0.25, 0.3) is 0 Å². The van der Waals surface area contributed by atoms with E-state index < -0.39 is 10.8 Å². The van der Waals surface area contributed by atoms with Crippen molar-refractivity contribution in [3.05, 3.63) is 24.3 Å². The number of carbonyl (C=O) groups is 2. The number of anilines is 1. The first-order valence-corrected chi connectivity index (χ1v) is 17.6. The second kappa shape index (κ2) is 8.77. The Balaban J connectivity index is 1.28. The highest BCUT2D eigenvalue weighted by Crippen LogP contribution is 2.83. The number of hydrogen-bond acceptors (Lipinski definition) is 3. The molecule has 1 aromatic carbocycles. The molecule has 0 spiro atoms. The van der Waals surface area contributed by atoms with Crippen LogP contribution in [0, 0.1) is 32.5 Å². The molecular formula is C26H29Br6NO3. The fraction of sp³-hybridized carbons (Fsp3) is 0.692. The van der Waals surface area contributed by atoms with Crippen molar-refractivity contribution >= 4 is 113 Å². The average molecular weight is 883 g/mol. The van der Waals surface area contributed by atoms with E-state index in [4.69, 9.17) is 4.74 Å². The smallest absolute Gasteiger partial charge is 0.319 e. The Morgan fingerprint density at radius 2 is 1.25 bits per heavy atom. The summed E-state index contributed by atoms with van der Waals surface area (Å²) in [4.78, 5) is 27.2. The minimum absolute atomic E-state index is 0.0219. The highest BCUT2D eigenvalue weighted by Gasteiger charge is 2.84. The molecule has 0 saturated heterocycles. The van der Waals surface area contributed by atoms with E-state index in [1.807, 2.05) is 12.1 Å². The number of rotatable bonds is 6. The molecule has 6 saturated carbocycles. The quantitative estimate of drug-likeness (QED) is 0.177. The Morgan fingerprint density at radius 3 is 1.67 bits per heavy atom. The molecule has 6 unspecified atom stereocenters. The summed E-state index contributed by atoms with van der Waals surface area (Å²) in [5, 5.41) is 3.14. The molecule has 0 heterocycles. The van der Waals surface area contributed by atoms with E-state index in [9.17, 15) is 9.59 Å². The maximum absolute atomic E-state index is 13.6. The van der Waals surface area contributed by atoms with Gasteiger partial charge in [-0.25, -0.2) is 0 Å². The van der Waals surface area contributed by atoms with Crippen LogP contribution >= 0.6 is 95.6 Å². The lowest BCUT2D eigenvalue weighted by Gasteiger charge is -2.66. The molecule has 0 radical (unpaired) electrons. The van der Waals surface area contributed by atoms with Crippen LogP contribution in [0.5, 0.6) is 5.75 Å². The van der Waals surface area contributed by atoms with Gasteiger partial charge in [-0.15, -0.1) is 0 Å². The van der Waals surface area contributed by atoms with E-state index in [0.717, 1.165) is 25.7 Å². The summed E-state index contributed by atoms with van der Waals surface area (Å²) in [7, 11) is 0. The number of hydrogen-bond donors (Lipinski definition) is 1. The van der Waals surface area contributed by atoms with Crippen molar-refractivity contribution < 1.29 is 14.3 Å². The SMILES string of the molecule is CC1(C)C2(C(=O)Nc3ccc(OC(=O)C45CCC(C(Br)Br)(C4Br)C5(C)C)cc3)CCC1(C(Br)Br)C2Br. The van der Waals surface area contributed by atoms with Gasteiger partial charge in [-0.3, -0.25) is 9.59 Å². The van der Waals surface area contributed by atoms with Crippen molar-refractivity contribution in [2.24, 2.45) is 32.5 Å². The van der Waals surface area contributed by atoms with E-state index in [1.165, 1.54) is 0 Å². The van der Waals surface area contributed by atoms with Crippen molar-refractivity contribution in [3.8, 4) is 5.75 Å². The first-order chi connectivity index (χ1) is 16.6. The molecule has 6 atom stereocenters. The Hall–Kier alpha value is 1.04. The number of carbonyl (C=O) groups excluding carboxylic acids is 2. The van der Waals surface area contributed by atoms with Crippen LogP contribution in [-0.4, -0.2) is 29.0 Å². The highest BCUT2D eigenvalue weighted by atomic mass is 79.9. The van der Waals surface area contributed by atoms with E-state index in [-0.39, 0.29) is 50.7 Å². The van der Waals surface area contributed by atoms with Gasteiger partial charge in [0.15, 0.2) is 0 Å². The number of benzene rings is 1. The number of fused-ring (bicyclic) bond motifs is 2. The third-order valence-electron chi connectivity index (χ3n) is 11.1. The lowest BCUT2D eigenvalue weighted by molar-refractivity contribution is -0.176. The van der Waals surface area contributed by atoms with Crippen LogP contribution in [0.25, 0.3) is 0 Å². The van der Waals surface area contributed by atoms with Crippen molar-refractivity contribution in [3.63, 3.8) is 0 Å². The molecule has 198 valence electrons.